The summed E-state index contributed by atoms with van der Waals surface area (Å²) < 4.78 is 67.7. The smallest absolute Gasteiger partial charge is 0.463 e. The number of amides is 1. The van der Waals surface area contributed by atoms with Gasteiger partial charge in [0.25, 0.3) is 0 Å². The van der Waals surface area contributed by atoms with Crippen LogP contribution >= 0.6 is 0 Å². The highest BCUT2D eigenvalue weighted by Crippen LogP contribution is 2.32. The van der Waals surface area contributed by atoms with Crippen LogP contribution in [0.2, 0.25) is 0 Å². The van der Waals surface area contributed by atoms with Crippen molar-refractivity contribution in [2.75, 3.05) is 6.67 Å². The first-order chi connectivity index (χ1) is 23.7. The lowest BCUT2D eigenvalue weighted by atomic mass is 9.76. The van der Waals surface area contributed by atoms with Gasteiger partial charge in [-0.2, -0.15) is 21.6 Å². The van der Waals surface area contributed by atoms with Crippen LogP contribution in [-0.2, 0) is 28.6 Å². The van der Waals surface area contributed by atoms with Crippen molar-refractivity contribution in [3.63, 3.8) is 0 Å². The third-order valence-corrected chi connectivity index (χ3v) is 8.73. The number of allylic oxidation sites excluding steroid dienone is 4. The predicted octanol–water partition coefficient (Wildman–Crippen LogP) is 11.7. The molecule has 0 aliphatic carbocycles. The van der Waals surface area contributed by atoms with E-state index in [0.717, 1.165) is 31.3 Å². The van der Waals surface area contributed by atoms with Crippen molar-refractivity contribution in [2.45, 2.75) is 166 Å². The molecule has 0 fully saturated rings. The molecular weight excluding hydrogens is 694 g/mol. The summed E-state index contributed by atoms with van der Waals surface area (Å²) in [4.78, 5) is 27.4. The average Bonchev–Trinajstić information content (AvgIpc) is 3.02. The summed E-state index contributed by atoms with van der Waals surface area (Å²) in [5.41, 5.74) is -3.05. The second kappa shape index (κ2) is 28.6. The molecule has 8 nitrogen and oxygen atoms in total. The van der Waals surface area contributed by atoms with Crippen LogP contribution in [0, 0.1) is 16.7 Å². The largest absolute Gasteiger partial charge is 0.534 e. The summed E-state index contributed by atoms with van der Waals surface area (Å²) in [7, 11) is -5.78. The molecule has 2 atom stereocenters. The van der Waals surface area contributed by atoms with E-state index in [1.54, 1.807) is 0 Å². The number of alkyl halides is 3. The van der Waals surface area contributed by atoms with Crippen LogP contribution < -0.4 is 0 Å². The lowest BCUT2D eigenvalue weighted by molar-refractivity contribution is -0.147. The van der Waals surface area contributed by atoms with Crippen molar-refractivity contribution >= 4 is 28.4 Å². The number of hydrogen-bond donors (Lipinski definition) is 0. The second-order valence-corrected chi connectivity index (χ2v) is 16.4. The first-order valence-corrected chi connectivity index (χ1v) is 19.5. The Morgan fingerprint density at radius 3 is 1.87 bits per heavy atom. The quantitative estimate of drug-likeness (QED) is 0.0278. The van der Waals surface area contributed by atoms with Gasteiger partial charge >= 0.3 is 21.6 Å². The van der Waals surface area contributed by atoms with Crippen LogP contribution in [0.25, 0.3) is 0 Å². The monoisotopic (exact) mass is 767 g/mol. The van der Waals surface area contributed by atoms with Crippen molar-refractivity contribution < 1.29 is 40.1 Å². The third-order valence-electron chi connectivity index (χ3n) is 7.70. The fourth-order valence-corrected chi connectivity index (χ4v) is 4.81. The van der Waals surface area contributed by atoms with Gasteiger partial charge in [0.05, 0.1) is 12.1 Å². The van der Waals surface area contributed by atoms with Crippen LogP contribution in [-0.4, -0.2) is 55.9 Å². The molecule has 0 aromatic carbocycles. The zero-order chi connectivity index (χ0) is 41.9. The molecule has 0 bridgehead atoms. The Balaban J connectivity index is -0.000000368. The average molecular weight is 767 g/mol. The summed E-state index contributed by atoms with van der Waals surface area (Å²) in [6.45, 7) is 37.7. The van der Waals surface area contributed by atoms with E-state index >= 15 is 0 Å². The number of aliphatic imine (C=N–C) groups is 1. The SMILES string of the molecule is C/C=C(\C)CCC(=O)OC(C)C.C=C.C=C(CC)C(CCC(C)(C)C)N(C=O)C/N=C(\C)OS(=O)(=O)C(F)(F)F.CC=CCC(CCC)C(C)(C)C. The summed E-state index contributed by atoms with van der Waals surface area (Å²) in [6.07, 6.45) is 14.2. The summed E-state index contributed by atoms with van der Waals surface area (Å²) in [6, 6.07) is -0.354. The molecule has 0 spiro atoms. The number of carbonyl (C=O) groups excluding carboxylic acids is 2. The molecule has 0 saturated heterocycles. The number of esters is 1. The number of halogens is 3. The minimum Gasteiger partial charge on any atom is -0.463 e. The number of hydrogen-bond acceptors (Lipinski definition) is 7. The molecule has 0 radical (unpaired) electrons. The van der Waals surface area contributed by atoms with Gasteiger partial charge in [0.15, 0.2) is 0 Å². The molecule has 0 aromatic heterocycles. The molecule has 306 valence electrons. The predicted molar refractivity (Wildman–Crippen MR) is 212 cm³/mol. The van der Waals surface area contributed by atoms with E-state index in [2.05, 4.69) is 75.7 Å². The Hall–Kier alpha value is -2.89. The maximum Gasteiger partial charge on any atom is 0.534 e. The molecule has 1 amide bonds. The molecule has 0 aliphatic heterocycles. The fraction of sp³-hybridized carbons (Fsp3) is 0.725. The highest BCUT2D eigenvalue weighted by atomic mass is 32.2. The van der Waals surface area contributed by atoms with Gasteiger partial charge in [0, 0.05) is 13.3 Å². The Morgan fingerprint density at radius 2 is 1.50 bits per heavy atom. The number of ether oxygens (including phenoxy) is 1. The first kappa shape index (κ1) is 55.9. The molecule has 0 heterocycles. The van der Waals surface area contributed by atoms with Gasteiger partial charge in [0.2, 0.25) is 12.3 Å². The van der Waals surface area contributed by atoms with Crippen LogP contribution in [0.5, 0.6) is 0 Å². The van der Waals surface area contributed by atoms with Crippen LogP contribution in [0.4, 0.5) is 13.2 Å². The Labute approximate surface area is 316 Å². The van der Waals surface area contributed by atoms with E-state index in [9.17, 15) is 31.2 Å². The Bertz CT molecular complexity index is 1200. The number of carbonyl (C=O) groups is 2. The second-order valence-electron chi connectivity index (χ2n) is 14.9. The molecule has 2 unspecified atom stereocenters. The zero-order valence-corrected chi connectivity index (χ0v) is 35.7. The molecule has 0 rings (SSSR count). The van der Waals surface area contributed by atoms with Gasteiger partial charge in [-0.05, 0) is 89.9 Å². The highest BCUT2D eigenvalue weighted by Gasteiger charge is 2.48. The lowest BCUT2D eigenvalue weighted by Gasteiger charge is -2.31. The van der Waals surface area contributed by atoms with E-state index in [-0.39, 0.29) is 30.2 Å². The lowest BCUT2D eigenvalue weighted by Crippen LogP contribution is -2.37. The number of nitrogens with zero attached hydrogens (tertiary/aromatic N) is 2. The van der Waals surface area contributed by atoms with Gasteiger partial charge in [-0.3, -0.25) is 9.59 Å². The standard InChI is InChI=1S/C16H27F3N2O4S.C12H24.C10H18O2.C2H4/c1-7-12(2)14(8-9-15(4,5)6)21(11-22)10-20-13(3)25-26(23,24)16(17,18)19;1-6-8-10-11(9-7-2)12(3,4)5;1-5-9(4)6-7-10(11)12-8(2)3;1-2/h11,14H,2,7-10H2,1,3-6H3;6,8,11H,7,9-10H2,1-5H3;5,8H,6-7H2,1-4H3;1-2H2/b20-13+;;9-5+;. The van der Waals surface area contributed by atoms with Crippen LogP contribution in [0.15, 0.2) is 54.1 Å². The minimum atomic E-state index is -5.78. The van der Waals surface area contributed by atoms with Crippen molar-refractivity contribution in [3.05, 3.63) is 49.1 Å². The molecule has 52 heavy (non-hydrogen) atoms. The van der Waals surface area contributed by atoms with Gasteiger partial charge in [-0.15, -0.1) is 13.2 Å². The summed E-state index contributed by atoms with van der Waals surface area (Å²) in [5, 5.41) is 0. The molecule has 0 aromatic rings. The Kier molecular flexibility index (Phi) is 30.7. The maximum atomic E-state index is 12.3. The van der Waals surface area contributed by atoms with E-state index in [1.165, 1.54) is 29.7 Å². The van der Waals surface area contributed by atoms with Gasteiger partial charge in [-0.25, -0.2) is 4.99 Å². The van der Waals surface area contributed by atoms with E-state index in [4.69, 9.17) is 4.74 Å². The van der Waals surface area contributed by atoms with E-state index < -0.39 is 21.5 Å². The van der Waals surface area contributed by atoms with Crippen molar-refractivity contribution in [1.82, 2.24) is 4.90 Å². The summed E-state index contributed by atoms with van der Waals surface area (Å²) >= 11 is 0. The van der Waals surface area contributed by atoms with Gasteiger partial charge in [-0.1, -0.05) is 97.8 Å². The van der Waals surface area contributed by atoms with Crippen molar-refractivity contribution in [2.24, 2.45) is 21.7 Å². The number of rotatable bonds is 17. The highest BCUT2D eigenvalue weighted by molar-refractivity contribution is 7.88. The third kappa shape index (κ3) is 29.7. The molecular formula is C40H73F3N2O6S. The van der Waals surface area contributed by atoms with E-state index in [0.29, 0.717) is 31.1 Å². The fourth-order valence-electron chi connectivity index (χ4n) is 4.35. The Morgan fingerprint density at radius 1 is 0.962 bits per heavy atom. The zero-order valence-electron chi connectivity index (χ0n) is 34.9. The van der Waals surface area contributed by atoms with E-state index in [1.807, 2.05) is 61.5 Å². The first-order valence-electron chi connectivity index (χ1n) is 18.1. The van der Waals surface area contributed by atoms with Crippen LogP contribution in [0.1, 0.15) is 148 Å². The van der Waals surface area contributed by atoms with Crippen molar-refractivity contribution in [3.8, 4) is 0 Å². The molecule has 0 aliphatic rings. The molecule has 0 saturated carbocycles. The minimum absolute atomic E-state index is 0.00316. The van der Waals surface area contributed by atoms with Gasteiger partial charge in [0.1, 0.15) is 6.67 Å². The molecule has 12 heteroatoms. The van der Waals surface area contributed by atoms with Crippen molar-refractivity contribution in [1.29, 1.82) is 0 Å². The molecule has 0 N–H and O–H groups in total. The van der Waals surface area contributed by atoms with Crippen LogP contribution in [0.3, 0.4) is 0 Å². The maximum absolute atomic E-state index is 12.3. The normalized spacial score (nSPS) is 13.7. The van der Waals surface area contributed by atoms with Gasteiger partial charge < -0.3 is 13.8 Å². The summed E-state index contributed by atoms with van der Waals surface area (Å²) in [5.74, 6) is 0.0377. The topological polar surface area (TPSA) is 102 Å².